The number of nitrogens with zero attached hydrogens (tertiary/aromatic N) is 4. The number of aromatic nitrogens is 4. The SMILES string of the molecule is c1ccc(-c2nc(-c3ccccc3)nc(-c3cccc4c(-n5c6ccccc6c6cc7c(cc65)C5(c6ccccc6Sc6ccccc65)c5ccccc5-7)cccc34)n2)cc1. The Morgan fingerprint density at radius 2 is 0.885 bits per heavy atom. The fourth-order valence-corrected chi connectivity index (χ4v) is 11.4. The van der Waals surface area contributed by atoms with Gasteiger partial charge >= 0.3 is 0 Å². The molecule has 0 radical (unpaired) electrons. The van der Waals surface area contributed by atoms with E-state index in [1.165, 1.54) is 65.0 Å². The number of hydrogen-bond donors (Lipinski definition) is 0. The van der Waals surface area contributed by atoms with Gasteiger partial charge in [-0.1, -0.05) is 182 Å². The summed E-state index contributed by atoms with van der Waals surface area (Å²) in [4.78, 5) is 17.9. The minimum atomic E-state index is -0.475. The molecule has 5 heteroatoms. The fraction of sp³-hybridized carbons (Fsp3) is 0.0179. The van der Waals surface area contributed by atoms with Crippen LogP contribution >= 0.6 is 11.8 Å². The van der Waals surface area contributed by atoms with Gasteiger partial charge < -0.3 is 4.57 Å². The van der Waals surface area contributed by atoms with Gasteiger partial charge in [-0.25, -0.2) is 15.0 Å². The van der Waals surface area contributed by atoms with E-state index in [1.54, 1.807) is 0 Å². The van der Waals surface area contributed by atoms with Crippen molar-refractivity contribution in [2.75, 3.05) is 0 Å². The predicted octanol–water partition coefficient (Wildman–Crippen LogP) is 14.0. The maximum Gasteiger partial charge on any atom is 0.164 e. The topological polar surface area (TPSA) is 43.6 Å². The van der Waals surface area contributed by atoms with Gasteiger partial charge in [0.15, 0.2) is 17.5 Å². The summed E-state index contributed by atoms with van der Waals surface area (Å²) in [5.41, 5.74) is 13.7. The van der Waals surface area contributed by atoms with Crippen LogP contribution < -0.4 is 0 Å². The highest BCUT2D eigenvalue weighted by molar-refractivity contribution is 7.99. The number of para-hydroxylation sites is 1. The average Bonchev–Trinajstić information content (AvgIpc) is 3.80. The lowest BCUT2D eigenvalue weighted by Gasteiger charge is -2.39. The van der Waals surface area contributed by atoms with Crippen LogP contribution in [0.4, 0.5) is 0 Å². The lowest BCUT2D eigenvalue weighted by Crippen LogP contribution is -2.31. The van der Waals surface area contributed by atoms with Crippen LogP contribution in [0.2, 0.25) is 0 Å². The Morgan fingerprint density at radius 1 is 0.344 bits per heavy atom. The van der Waals surface area contributed by atoms with E-state index in [0.29, 0.717) is 17.5 Å². The first kappa shape index (κ1) is 34.3. The molecule has 0 atom stereocenters. The van der Waals surface area contributed by atoms with Crippen molar-refractivity contribution in [1.82, 2.24) is 19.5 Å². The minimum Gasteiger partial charge on any atom is -0.309 e. The van der Waals surface area contributed by atoms with Crippen molar-refractivity contribution < 1.29 is 0 Å². The van der Waals surface area contributed by atoms with Gasteiger partial charge in [0, 0.05) is 42.6 Å². The van der Waals surface area contributed by atoms with Gasteiger partial charge in [0.05, 0.1) is 22.1 Å². The zero-order chi connectivity index (χ0) is 40.1. The molecule has 0 bridgehead atoms. The second kappa shape index (κ2) is 13.2. The van der Waals surface area contributed by atoms with Crippen molar-refractivity contribution in [2.24, 2.45) is 0 Å². The summed E-state index contributed by atoms with van der Waals surface area (Å²) in [5.74, 6) is 1.93. The second-order valence-electron chi connectivity index (χ2n) is 15.9. The third kappa shape index (κ3) is 4.92. The predicted molar refractivity (Wildman–Crippen MR) is 249 cm³/mol. The van der Waals surface area contributed by atoms with Crippen molar-refractivity contribution in [1.29, 1.82) is 0 Å². The van der Waals surface area contributed by atoms with Gasteiger partial charge in [-0.15, -0.1) is 0 Å². The number of hydrogen-bond acceptors (Lipinski definition) is 4. The van der Waals surface area contributed by atoms with Gasteiger partial charge in [-0.3, -0.25) is 0 Å². The zero-order valence-corrected chi connectivity index (χ0v) is 33.6. The first-order chi connectivity index (χ1) is 30.3. The van der Waals surface area contributed by atoms with Crippen molar-refractivity contribution in [3.05, 3.63) is 229 Å². The molecule has 0 saturated heterocycles. The van der Waals surface area contributed by atoms with Crippen LogP contribution in [0.3, 0.4) is 0 Å². The van der Waals surface area contributed by atoms with Crippen LogP contribution in [0, 0.1) is 0 Å². The van der Waals surface area contributed by atoms with E-state index in [0.717, 1.165) is 33.2 Å². The molecule has 2 aliphatic rings. The summed E-state index contributed by atoms with van der Waals surface area (Å²) in [6.07, 6.45) is 0. The standard InChI is InChI=1S/C56H34N4S/c1-3-17-35(18-4-1)53-57-54(36-19-5-2-6-20-36)59-55(58-53)41-25-15-24-39-37(41)23-16-30-49(39)60-48-29-12-8-22-40(48)43-33-42-38-21-7-9-26-44(38)56(47(42)34-50(43)60)45-27-10-13-31-51(45)61-52-32-14-11-28-46(52)56/h1-34H. The minimum absolute atomic E-state index is 0.475. The highest BCUT2D eigenvalue weighted by atomic mass is 32.2. The van der Waals surface area contributed by atoms with Crippen molar-refractivity contribution >= 4 is 44.3 Å². The van der Waals surface area contributed by atoms with E-state index in [-0.39, 0.29) is 0 Å². The Hall–Kier alpha value is -7.60. The van der Waals surface area contributed by atoms with E-state index < -0.39 is 5.41 Å². The summed E-state index contributed by atoms with van der Waals surface area (Å²) < 4.78 is 2.49. The summed E-state index contributed by atoms with van der Waals surface area (Å²) in [5, 5.41) is 4.66. The van der Waals surface area contributed by atoms with E-state index in [4.69, 9.17) is 15.0 Å². The molecule has 284 valence electrons. The molecule has 61 heavy (non-hydrogen) atoms. The van der Waals surface area contributed by atoms with Crippen LogP contribution in [0.5, 0.6) is 0 Å². The van der Waals surface area contributed by atoms with Crippen molar-refractivity contribution in [2.45, 2.75) is 15.2 Å². The van der Waals surface area contributed by atoms with Crippen LogP contribution in [-0.4, -0.2) is 19.5 Å². The Labute approximate surface area is 356 Å². The molecule has 0 amide bonds. The van der Waals surface area contributed by atoms with E-state index in [9.17, 15) is 0 Å². The Balaban J connectivity index is 1.09. The smallest absolute Gasteiger partial charge is 0.164 e. The quantitative estimate of drug-likeness (QED) is 0.178. The van der Waals surface area contributed by atoms with Gasteiger partial charge in [0.1, 0.15) is 0 Å². The van der Waals surface area contributed by atoms with Gasteiger partial charge in [-0.05, 0) is 75.2 Å². The maximum absolute atomic E-state index is 5.16. The molecule has 1 spiro atoms. The third-order valence-electron chi connectivity index (χ3n) is 12.7. The highest BCUT2D eigenvalue weighted by Gasteiger charge is 2.50. The molecule has 0 saturated carbocycles. The molecular weight excluding hydrogens is 761 g/mol. The largest absolute Gasteiger partial charge is 0.309 e. The zero-order valence-electron chi connectivity index (χ0n) is 32.8. The molecular formula is C56H34N4S. The molecule has 11 aromatic rings. The van der Waals surface area contributed by atoms with Gasteiger partial charge in [0.2, 0.25) is 0 Å². The first-order valence-electron chi connectivity index (χ1n) is 20.7. The maximum atomic E-state index is 5.16. The molecule has 3 heterocycles. The average molecular weight is 795 g/mol. The fourth-order valence-electron chi connectivity index (χ4n) is 10.2. The van der Waals surface area contributed by atoms with E-state index >= 15 is 0 Å². The monoisotopic (exact) mass is 794 g/mol. The number of fused-ring (bicyclic) bond motifs is 13. The molecule has 9 aromatic carbocycles. The van der Waals surface area contributed by atoms with Crippen LogP contribution in [-0.2, 0) is 5.41 Å². The second-order valence-corrected chi connectivity index (χ2v) is 17.0. The van der Waals surface area contributed by atoms with Crippen molar-refractivity contribution in [3.63, 3.8) is 0 Å². The summed E-state index contributed by atoms with van der Waals surface area (Å²) in [6.45, 7) is 0. The van der Waals surface area contributed by atoms with Crippen LogP contribution in [0.15, 0.2) is 216 Å². The Kier molecular flexibility index (Phi) is 7.42. The normalized spacial score (nSPS) is 13.3. The first-order valence-corrected chi connectivity index (χ1v) is 21.5. The molecule has 13 rings (SSSR count). The molecule has 0 N–H and O–H groups in total. The number of rotatable bonds is 4. The lowest BCUT2D eigenvalue weighted by atomic mass is 9.67. The number of benzene rings is 9. The summed E-state index contributed by atoms with van der Waals surface area (Å²) in [7, 11) is 0. The molecule has 4 nitrogen and oxygen atoms in total. The summed E-state index contributed by atoms with van der Waals surface area (Å²) >= 11 is 1.88. The van der Waals surface area contributed by atoms with E-state index in [1.807, 2.05) is 48.2 Å². The lowest BCUT2D eigenvalue weighted by molar-refractivity contribution is 0.723. The van der Waals surface area contributed by atoms with Crippen LogP contribution in [0.1, 0.15) is 22.3 Å². The highest BCUT2D eigenvalue weighted by Crippen LogP contribution is 2.62. The van der Waals surface area contributed by atoms with Crippen molar-refractivity contribution in [3.8, 4) is 51.0 Å². The van der Waals surface area contributed by atoms with Gasteiger partial charge in [-0.2, -0.15) is 0 Å². The van der Waals surface area contributed by atoms with E-state index in [2.05, 4.69) is 174 Å². The molecule has 1 aliphatic carbocycles. The third-order valence-corrected chi connectivity index (χ3v) is 13.9. The Morgan fingerprint density at radius 3 is 1.61 bits per heavy atom. The summed E-state index contributed by atoms with van der Waals surface area (Å²) in [6, 6.07) is 74.5. The molecule has 0 fully saturated rings. The molecule has 1 aliphatic heterocycles. The molecule has 0 unspecified atom stereocenters. The van der Waals surface area contributed by atoms with Crippen LogP contribution in [0.25, 0.3) is 83.6 Å². The molecule has 2 aromatic heterocycles. The Bertz CT molecular complexity index is 3470. The van der Waals surface area contributed by atoms with Gasteiger partial charge in [0.25, 0.3) is 0 Å².